The van der Waals surface area contributed by atoms with E-state index in [4.69, 9.17) is 9.47 Å². The van der Waals surface area contributed by atoms with Crippen LogP contribution in [0.1, 0.15) is 38.2 Å². The normalized spacial score (nSPS) is 26.5. The predicted octanol–water partition coefficient (Wildman–Crippen LogP) is 0.501. The van der Waals surface area contributed by atoms with Crippen molar-refractivity contribution in [3.8, 4) is 5.75 Å². The molecule has 9 nitrogen and oxygen atoms in total. The molecule has 1 saturated heterocycles. The van der Waals surface area contributed by atoms with Crippen LogP contribution in [0.5, 0.6) is 5.75 Å². The Kier molecular flexibility index (Phi) is 8.62. The SMILES string of the molecule is CC(=O)CCCC(=O)Nc1ccc(OC2OC(CO)C(O)C(O)C2O)c(C(F)F)c1. The van der Waals surface area contributed by atoms with Gasteiger partial charge in [-0.25, -0.2) is 8.78 Å². The van der Waals surface area contributed by atoms with E-state index in [1.807, 2.05) is 0 Å². The van der Waals surface area contributed by atoms with Crippen LogP contribution in [-0.2, 0) is 14.3 Å². The summed E-state index contributed by atoms with van der Waals surface area (Å²) in [5.41, 5.74) is -0.521. The average molecular weight is 433 g/mol. The number of amides is 1. The van der Waals surface area contributed by atoms with E-state index in [1.165, 1.54) is 13.0 Å². The first-order valence-electron chi connectivity index (χ1n) is 9.32. The number of ketones is 1. The summed E-state index contributed by atoms with van der Waals surface area (Å²) < 4.78 is 37.4. The van der Waals surface area contributed by atoms with Gasteiger partial charge in [0, 0.05) is 18.5 Å². The molecule has 1 heterocycles. The van der Waals surface area contributed by atoms with Gasteiger partial charge in [0.2, 0.25) is 12.2 Å². The monoisotopic (exact) mass is 433 g/mol. The molecule has 0 aromatic heterocycles. The minimum atomic E-state index is -3.00. The molecule has 1 amide bonds. The fraction of sp³-hybridized carbons (Fsp3) is 0.579. The zero-order chi connectivity index (χ0) is 22.4. The Bertz CT molecular complexity index is 745. The second-order valence-corrected chi connectivity index (χ2v) is 6.97. The van der Waals surface area contributed by atoms with E-state index < -0.39 is 55.2 Å². The van der Waals surface area contributed by atoms with Crippen molar-refractivity contribution in [1.82, 2.24) is 0 Å². The molecular weight excluding hydrogens is 408 g/mol. The lowest BCUT2D eigenvalue weighted by Gasteiger charge is -2.39. The Balaban J connectivity index is 2.11. The van der Waals surface area contributed by atoms with Crippen molar-refractivity contribution in [2.75, 3.05) is 11.9 Å². The third-order valence-electron chi connectivity index (χ3n) is 4.55. The van der Waals surface area contributed by atoms with Crippen LogP contribution in [0, 0.1) is 0 Å². The fourth-order valence-corrected chi connectivity index (χ4v) is 2.92. The summed E-state index contributed by atoms with van der Waals surface area (Å²) in [6, 6.07) is 3.43. The Hall–Kier alpha value is -2.18. The van der Waals surface area contributed by atoms with Gasteiger partial charge in [-0.05, 0) is 31.5 Å². The van der Waals surface area contributed by atoms with Crippen molar-refractivity contribution < 1.29 is 48.3 Å². The van der Waals surface area contributed by atoms with Gasteiger partial charge < -0.3 is 40.0 Å². The fourth-order valence-electron chi connectivity index (χ4n) is 2.92. The topological polar surface area (TPSA) is 146 Å². The minimum Gasteiger partial charge on any atom is -0.461 e. The number of aliphatic hydroxyl groups is 4. The molecule has 1 aliphatic heterocycles. The molecule has 0 bridgehead atoms. The number of Topliss-reactive ketones (excluding diaryl/α,β-unsaturated/α-hetero) is 1. The molecule has 0 radical (unpaired) electrons. The smallest absolute Gasteiger partial charge is 0.267 e. The highest BCUT2D eigenvalue weighted by Crippen LogP contribution is 2.34. The molecule has 1 aliphatic rings. The Morgan fingerprint density at radius 3 is 2.47 bits per heavy atom. The molecule has 5 N–H and O–H groups in total. The van der Waals surface area contributed by atoms with E-state index in [2.05, 4.69) is 5.32 Å². The van der Waals surface area contributed by atoms with Crippen LogP contribution < -0.4 is 10.1 Å². The molecule has 1 aromatic carbocycles. The highest BCUT2D eigenvalue weighted by atomic mass is 19.3. The third-order valence-corrected chi connectivity index (χ3v) is 4.55. The molecular formula is C19H25F2NO8. The zero-order valence-electron chi connectivity index (χ0n) is 16.2. The maximum atomic E-state index is 13.5. The maximum absolute atomic E-state index is 13.5. The zero-order valence-corrected chi connectivity index (χ0v) is 16.2. The van der Waals surface area contributed by atoms with Gasteiger partial charge in [-0.1, -0.05) is 0 Å². The van der Waals surface area contributed by atoms with Gasteiger partial charge in [0.05, 0.1) is 12.2 Å². The number of halogens is 2. The Labute approximate surface area is 171 Å². The summed E-state index contributed by atoms with van der Waals surface area (Å²) in [4.78, 5) is 22.8. The van der Waals surface area contributed by atoms with Crippen molar-refractivity contribution >= 4 is 17.4 Å². The molecule has 2 rings (SSSR count). The first-order chi connectivity index (χ1) is 14.1. The van der Waals surface area contributed by atoms with Gasteiger partial charge in [0.1, 0.15) is 35.9 Å². The van der Waals surface area contributed by atoms with Crippen molar-refractivity contribution in [2.45, 2.75) is 63.3 Å². The first-order valence-corrected chi connectivity index (χ1v) is 9.32. The van der Waals surface area contributed by atoms with Crippen LogP contribution in [0.3, 0.4) is 0 Å². The molecule has 1 aromatic rings. The van der Waals surface area contributed by atoms with Crippen LogP contribution >= 0.6 is 0 Å². The quantitative estimate of drug-likeness (QED) is 0.379. The van der Waals surface area contributed by atoms with Crippen molar-refractivity contribution in [2.24, 2.45) is 0 Å². The lowest BCUT2D eigenvalue weighted by atomic mass is 9.99. The Morgan fingerprint density at radius 2 is 1.87 bits per heavy atom. The minimum absolute atomic E-state index is 0.0483. The number of hydrogen-bond acceptors (Lipinski definition) is 8. The lowest BCUT2D eigenvalue weighted by molar-refractivity contribution is -0.277. The summed E-state index contributed by atoms with van der Waals surface area (Å²) in [5, 5.41) is 41.2. The maximum Gasteiger partial charge on any atom is 0.267 e. The van der Waals surface area contributed by atoms with Gasteiger partial charge >= 0.3 is 0 Å². The average Bonchev–Trinajstić information content (AvgIpc) is 2.68. The van der Waals surface area contributed by atoms with Gasteiger partial charge in [0.15, 0.2) is 0 Å². The van der Waals surface area contributed by atoms with Crippen molar-refractivity contribution in [3.63, 3.8) is 0 Å². The molecule has 1 fully saturated rings. The van der Waals surface area contributed by atoms with Crippen LogP contribution in [0.2, 0.25) is 0 Å². The van der Waals surface area contributed by atoms with E-state index in [0.29, 0.717) is 6.42 Å². The van der Waals surface area contributed by atoms with Gasteiger partial charge in [0.25, 0.3) is 6.43 Å². The number of benzene rings is 1. The molecule has 168 valence electrons. The standard InChI is InChI=1S/C19H25F2NO8/c1-9(24)3-2-4-14(25)22-10-5-6-12(11(7-10)18(20)21)29-19-17(28)16(27)15(26)13(8-23)30-19/h5-7,13,15-19,23,26-28H,2-4,8H2,1H3,(H,22,25). The lowest BCUT2D eigenvalue weighted by Crippen LogP contribution is -2.60. The van der Waals surface area contributed by atoms with Crippen LogP contribution in [0.25, 0.3) is 0 Å². The number of carbonyl (C=O) groups excluding carboxylic acids is 2. The van der Waals surface area contributed by atoms with Gasteiger partial charge in [-0.2, -0.15) is 0 Å². The summed E-state index contributed by atoms with van der Waals surface area (Å²) in [6.45, 7) is 0.710. The van der Waals surface area contributed by atoms with Crippen LogP contribution in [0.4, 0.5) is 14.5 Å². The number of alkyl halides is 2. The van der Waals surface area contributed by atoms with E-state index >= 15 is 0 Å². The molecule has 0 saturated carbocycles. The number of aliphatic hydroxyl groups excluding tert-OH is 4. The number of anilines is 1. The first kappa shape index (κ1) is 24.1. The van der Waals surface area contributed by atoms with E-state index in [-0.39, 0.29) is 30.1 Å². The summed E-state index contributed by atoms with van der Waals surface area (Å²) in [6.07, 6.45) is -10.3. The molecule has 0 spiro atoms. The summed E-state index contributed by atoms with van der Waals surface area (Å²) in [5.74, 6) is -0.875. The highest BCUT2D eigenvalue weighted by Gasteiger charge is 2.45. The third kappa shape index (κ3) is 6.16. The van der Waals surface area contributed by atoms with E-state index in [1.54, 1.807) is 0 Å². The second kappa shape index (κ2) is 10.7. The second-order valence-electron chi connectivity index (χ2n) is 6.97. The predicted molar refractivity (Wildman–Crippen MR) is 99.0 cm³/mol. The Morgan fingerprint density at radius 1 is 1.17 bits per heavy atom. The number of carbonyl (C=O) groups is 2. The molecule has 5 unspecified atom stereocenters. The largest absolute Gasteiger partial charge is 0.461 e. The summed E-state index contributed by atoms with van der Waals surface area (Å²) in [7, 11) is 0. The van der Waals surface area contributed by atoms with Gasteiger partial charge in [-0.15, -0.1) is 0 Å². The number of hydrogen-bond donors (Lipinski definition) is 5. The van der Waals surface area contributed by atoms with Crippen molar-refractivity contribution in [3.05, 3.63) is 23.8 Å². The number of rotatable bonds is 9. The van der Waals surface area contributed by atoms with Crippen LogP contribution in [0.15, 0.2) is 18.2 Å². The molecule has 5 atom stereocenters. The molecule has 0 aliphatic carbocycles. The van der Waals surface area contributed by atoms with Gasteiger partial charge in [-0.3, -0.25) is 4.79 Å². The van der Waals surface area contributed by atoms with E-state index in [9.17, 15) is 38.8 Å². The molecule has 30 heavy (non-hydrogen) atoms. The highest BCUT2D eigenvalue weighted by molar-refractivity contribution is 5.91. The van der Waals surface area contributed by atoms with E-state index in [0.717, 1.165) is 12.1 Å². The molecule has 11 heteroatoms. The number of nitrogens with one attached hydrogen (secondary N) is 1. The number of ether oxygens (including phenoxy) is 2. The van der Waals surface area contributed by atoms with Crippen LogP contribution in [-0.4, -0.2) is 69.4 Å². The summed E-state index contributed by atoms with van der Waals surface area (Å²) >= 11 is 0. The van der Waals surface area contributed by atoms with Crippen molar-refractivity contribution in [1.29, 1.82) is 0 Å².